The normalized spacial score (nSPS) is 18.6. The summed E-state index contributed by atoms with van der Waals surface area (Å²) in [6.45, 7) is 2.27. The molecule has 1 unspecified atom stereocenters. The minimum Gasteiger partial charge on any atom is -0.352 e. The maximum atomic E-state index is 13.4. The van der Waals surface area contributed by atoms with Gasteiger partial charge in [0, 0.05) is 6.54 Å². The van der Waals surface area contributed by atoms with Crippen molar-refractivity contribution in [1.82, 2.24) is 10.6 Å². The van der Waals surface area contributed by atoms with Crippen LogP contribution in [0.25, 0.3) is 0 Å². The molecule has 1 saturated heterocycles. The van der Waals surface area contributed by atoms with Crippen molar-refractivity contribution in [1.29, 1.82) is 0 Å². The topological polar surface area (TPSA) is 41.1 Å². The van der Waals surface area contributed by atoms with Gasteiger partial charge >= 0.3 is 0 Å². The highest BCUT2D eigenvalue weighted by molar-refractivity contribution is 5.94. The van der Waals surface area contributed by atoms with E-state index in [9.17, 15) is 18.0 Å². The lowest BCUT2D eigenvalue weighted by atomic mass is 10.1. The lowest BCUT2D eigenvalue weighted by Gasteiger charge is -2.10. The summed E-state index contributed by atoms with van der Waals surface area (Å²) in [5.41, 5.74) is -0.469. The number of halogens is 3. The summed E-state index contributed by atoms with van der Waals surface area (Å²) in [4.78, 5) is 11.6. The van der Waals surface area contributed by atoms with Crippen molar-refractivity contribution in [3.63, 3.8) is 0 Å². The third-order valence-electron chi connectivity index (χ3n) is 3.28. The highest BCUT2D eigenvalue weighted by atomic mass is 19.2. The molecule has 1 aromatic carbocycles. The SMILES string of the molecule is O=C(NCCC1CCNC1)c1ccc(F)c(F)c1F. The molecule has 0 radical (unpaired) electrons. The van der Waals surface area contributed by atoms with Crippen LogP contribution in [0.4, 0.5) is 13.2 Å². The predicted octanol–water partition coefficient (Wildman–Crippen LogP) is 1.83. The number of benzene rings is 1. The van der Waals surface area contributed by atoms with Gasteiger partial charge in [-0.05, 0) is 44.0 Å². The van der Waals surface area contributed by atoms with Gasteiger partial charge in [0.05, 0.1) is 5.56 Å². The van der Waals surface area contributed by atoms with E-state index in [2.05, 4.69) is 10.6 Å². The van der Waals surface area contributed by atoms with Crippen LogP contribution < -0.4 is 10.6 Å². The number of rotatable bonds is 4. The fourth-order valence-corrected chi connectivity index (χ4v) is 2.15. The summed E-state index contributed by atoms with van der Waals surface area (Å²) < 4.78 is 39.1. The fraction of sp³-hybridized carbons (Fsp3) is 0.462. The predicted molar refractivity (Wildman–Crippen MR) is 64.2 cm³/mol. The zero-order valence-corrected chi connectivity index (χ0v) is 10.3. The number of carbonyl (C=O) groups is 1. The quantitative estimate of drug-likeness (QED) is 0.821. The maximum Gasteiger partial charge on any atom is 0.254 e. The van der Waals surface area contributed by atoms with E-state index in [0.29, 0.717) is 12.5 Å². The average Bonchev–Trinajstić information content (AvgIpc) is 2.89. The molecule has 6 heteroatoms. The number of carbonyl (C=O) groups excluding carboxylic acids is 1. The van der Waals surface area contributed by atoms with E-state index in [1.165, 1.54) is 0 Å². The zero-order valence-electron chi connectivity index (χ0n) is 10.3. The van der Waals surface area contributed by atoms with Crippen LogP contribution in [0.1, 0.15) is 23.2 Å². The molecule has 1 aromatic rings. The zero-order chi connectivity index (χ0) is 13.8. The lowest BCUT2D eigenvalue weighted by molar-refractivity contribution is 0.0946. The van der Waals surface area contributed by atoms with Crippen molar-refractivity contribution in [2.45, 2.75) is 12.8 Å². The number of hydrogen-bond acceptors (Lipinski definition) is 2. The second-order valence-electron chi connectivity index (χ2n) is 4.63. The van der Waals surface area contributed by atoms with Gasteiger partial charge in [-0.25, -0.2) is 13.2 Å². The molecule has 0 aromatic heterocycles. The molecule has 0 saturated carbocycles. The van der Waals surface area contributed by atoms with Gasteiger partial charge in [0.2, 0.25) is 0 Å². The van der Waals surface area contributed by atoms with Gasteiger partial charge in [-0.1, -0.05) is 0 Å². The molecular weight excluding hydrogens is 257 g/mol. The molecule has 1 fully saturated rings. The summed E-state index contributed by atoms with van der Waals surface area (Å²) in [6.07, 6.45) is 1.83. The molecule has 19 heavy (non-hydrogen) atoms. The first kappa shape index (κ1) is 13.9. The molecule has 0 bridgehead atoms. The Labute approximate surface area is 109 Å². The average molecular weight is 272 g/mol. The smallest absolute Gasteiger partial charge is 0.254 e. The van der Waals surface area contributed by atoms with Crippen LogP contribution in [0.2, 0.25) is 0 Å². The molecular formula is C13H15F3N2O. The van der Waals surface area contributed by atoms with E-state index < -0.39 is 28.9 Å². The summed E-state index contributed by atoms with van der Waals surface area (Å²) in [6, 6.07) is 1.69. The van der Waals surface area contributed by atoms with Gasteiger partial charge < -0.3 is 10.6 Å². The molecule has 1 aliphatic heterocycles. The standard InChI is InChI=1S/C13H15F3N2O/c14-10-2-1-9(11(15)12(10)16)13(19)18-6-4-8-3-5-17-7-8/h1-2,8,17H,3-7H2,(H,18,19). The molecule has 2 N–H and O–H groups in total. The molecule has 104 valence electrons. The van der Waals surface area contributed by atoms with Crippen molar-refractivity contribution < 1.29 is 18.0 Å². The van der Waals surface area contributed by atoms with Crippen LogP contribution in [0.3, 0.4) is 0 Å². The van der Waals surface area contributed by atoms with Gasteiger partial charge in [-0.2, -0.15) is 0 Å². The van der Waals surface area contributed by atoms with Crippen LogP contribution in [0, 0.1) is 23.4 Å². The van der Waals surface area contributed by atoms with E-state index in [1.807, 2.05) is 0 Å². The van der Waals surface area contributed by atoms with Crippen LogP contribution >= 0.6 is 0 Å². The minimum absolute atomic E-state index is 0.392. The Hall–Kier alpha value is -1.56. The fourth-order valence-electron chi connectivity index (χ4n) is 2.15. The van der Waals surface area contributed by atoms with E-state index >= 15 is 0 Å². The van der Waals surface area contributed by atoms with E-state index in [-0.39, 0.29) is 0 Å². The van der Waals surface area contributed by atoms with Crippen molar-refractivity contribution in [2.24, 2.45) is 5.92 Å². The third kappa shape index (κ3) is 3.26. The van der Waals surface area contributed by atoms with Crippen LogP contribution in [-0.4, -0.2) is 25.5 Å². The molecule has 1 heterocycles. The van der Waals surface area contributed by atoms with Gasteiger partial charge in [0.25, 0.3) is 5.91 Å². The highest BCUT2D eigenvalue weighted by Gasteiger charge is 2.19. The largest absolute Gasteiger partial charge is 0.352 e. The van der Waals surface area contributed by atoms with Crippen molar-refractivity contribution in [3.05, 3.63) is 35.1 Å². The summed E-state index contributed by atoms with van der Waals surface area (Å²) in [5, 5.41) is 5.72. The number of amides is 1. The third-order valence-corrected chi connectivity index (χ3v) is 3.28. The monoisotopic (exact) mass is 272 g/mol. The number of nitrogens with one attached hydrogen (secondary N) is 2. The van der Waals surface area contributed by atoms with Crippen LogP contribution in [0.5, 0.6) is 0 Å². The van der Waals surface area contributed by atoms with Gasteiger partial charge in [-0.15, -0.1) is 0 Å². The van der Waals surface area contributed by atoms with E-state index in [0.717, 1.165) is 38.1 Å². The van der Waals surface area contributed by atoms with E-state index in [4.69, 9.17) is 0 Å². The van der Waals surface area contributed by atoms with Gasteiger partial charge in [0.1, 0.15) is 0 Å². The molecule has 1 amide bonds. The maximum absolute atomic E-state index is 13.4. The molecule has 1 atom stereocenters. The summed E-state index contributed by atoms with van der Waals surface area (Å²) in [7, 11) is 0. The first-order valence-corrected chi connectivity index (χ1v) is 6.22. The molecule has 2 rings (SSSR count). The molecule has 1 aliphatic rings. The second-order valence-corrected chi connectivity index (χ2v) is 4.63. The molecule has 3 nitrogen and oxygen atoms in total. The van der Waals surface area contributed by atoms with E-state index in [1.54, 1.807) is 0 Å². The molecule has 0 spiro atoms. The Morgan fingerprint density at radius 1 is 1.32 bits per heavy atom. The van der Waals surface area contributed by atoms with Crippen LogP contribution in [0.15, 0.2) is 12.1 Å². The summed E-state index contributed by atoms with van der Waals surface area (Å²) >= 11 is 0. The van der Waals surface area contributed by atoms with Crippen molar-refractivity contribution >= 4 is 5.91 Å². The second kappa shape index (κ2) is 6.06. The Bertz CT molecular complexity index is 473. The summed E-state index contributed by atoms with van der Waals surface area (Å²) in [5.74, 6) is -4.59. The van der Waals surface area contributed by atoms with Crippen molar-refractivity contribution in [2.75, 3.05) is 19.6 Å². The first-order valence-electron chi connectivity index (χ1n) is 6.22. The Balaban J connectivity index is 1.90. The minimum atomic E-state index is -1.62. The number of hydrogen-bond donors (Lipinski definition) is 2. The Morgan fingerprint density at radius 2 is 2.11 bits per heavy atom. The van der Waals surface area contributed by atoms with Crippen molar-refractivity contribution in [3.8, 4) is 0 Å². The van der Waals surface area contributed by atoms with Gasteiger partial charge in [-0.3, -0.25) is 4.79 Å². The van der Waals surface area contributed by atoms with Gasteiger partial charge in [0.15, 0.2) is 17.5 Å². The first-order chi connectivity index (χ1) is 9.09. The Kier molecular flexibility index (Phi) is 4.42. The lowest BCUT2D eigenvalue weighted by Crippen LogP contribution is -2.27. The Morgan fingerprint density at radius 3 is 2.79 bits per heavy atom. The highest BCUT2D eigenvalue weighted by Crippen LogP contribution is 2.15. The van der Waals surface area contributed by atoms with Crippen LogP contribution in [-0.2, 0) is 0 Å². The molecule has 0 aliphatic carbocycles.